The van der Waals surface area contributed by atoms with E-state index in [0.717, 1.165) is 6.20 Å². The van der Waals surface area contributed by atoms with Crippen LogP contribution in [0.2, 0.25) is 0 Å². The van der Waals surface area contributed by atoms with Crippen molar-refractivity contribution in [2.24, 2.45) is 0 Å². The third-order valence-electron chi connectivity index (χ3n) is 0.321. The second-order valence-corrected chi connectivity index (χ2v) is 0.922. The van der Waals surface area contributed by atoms with Crippen LogP contribution in [0, 0.1) is 5.39 Å². The molecule has 0 N–H and O–H groups in total. The van der Waals surface area contributed by atoms with E-state index in [-0.39, 0.29) is 0 Å². The minimum Gasteiger partial charge on any atom is -0.203 e. The van der Waals surface area contributed by atoms with Crippen molar-refractivity contribution in [2.45, 2.75) is 6.92 Å². The summed E-state index contributed by atoms with van der Waals surface area (Å²) in [6, 6.07) is 0. The molecule has 0 saturated carbocycles. The second-order valence-electron chi connectivity index (χ2n) is 0.922. The first-order valence-corrected chi connectivity index (χ1v) is 1.69. The molecular formula is C4H4FN2+. The Bertz CT molecular complexity index is 144. The van der Waals surface area contributed by atoms with Crippen LogP contribution >= 0.6 is 0 Å². The summed E-state index contributed by atoms with van der Waals surface area (Å²) < 4.78 is 11.5. The Morgan fingerprint density at radius 1 is 2.00 bits per heavy atom. The highest BCUT2D eigenvalue weighted by molar-refractivity contribution is 4.91. The van der Waals surface area contributed by atoms with E-state index in [1.165, 1.54) is 6.92 Å². The highest BCUT2D eigenvalue weighted by Crippen LogP contribution is 1.86. The summed E-state index contributed by atoms with van der Waals surface area (Å²) in [5.74, 6) is -0.502. The fourth-order valence-corrected chi connectivity index (χ4v) is 0.118. The lowest BCUT2D eigenvalue weighted by Crippen LogP contribution is -1.46. The lowest BCUT2D eigenvalue weighted by molar-refractivity contribution is 0.643. The molecule has 0 spiro atoms. The number of hydrogen-bond acceptors (Lipinski definition) is 1. The molecular weight excluding hydrogens is 95.1 g/mol. The van der Waals surface area contributed by atoms with Crippen LogP contribution in [0.25, 0.3) is 4.98 Å². The largest absolute Gasteiger partial charge is 0.395 e. The van der Waals surface area contributed by atoms with Gasteiger partial charge in [0.25, 0.3) is 0 Å². The van der Waals surface area contributed by atoms with Crippen LogP contribution in [0.3, 0.4) is 0 Å². The third kappa shape index (κ3) is 4.87. The summed E-state index contributed by atoms with van der Waals surface area (Å²) in [5, 5.41) is 7.64. The number of hydrogen-bond donors (Lipinski definition) is 0. The molecule has 36 valence electrons. The minimum absolute atomic E-state index is 0.502. The number of halogens is 1. The van der Waals surface area contributed by atoms with E-state index in [1.807, 2.05) is 5.73 Å². The summed E-state index contributed by atoms with van der Waals surface area (Å²) in [6.45, 7) is 1.21. The number of nitrogens with zero attached hydrogens (tertiary/aromatic N) is 2. The summed E-state index contributed by atoms with van der Waals surface area (Å²) in [6.07, 6.45) is 0.843. The van der Waals surface area contributed by atoms with Gasteiger partial charge in [-0.05, 0) is 6.92 Å². The van der Waals surface area contributed by atoms with E-state index in [0.29, 0.717) is 0 Å². The molecule has 0 radical (unpaired) electrons. The molecule has 3 heteroatoms. The lowest BCUT2D eigenvalue weighted by Gasteiger charge is -1.60. The highest BCUT2D eigenvalue weighted by atomic mass is 19.1. The predicted molar refractivity (Wildman–Crippen MR) is 23.5 cm³/mol. The van der Waals surface area contributed by atoms with Gasteiger partial charge in [-0.25, -0.2) is 4.39 Å². The Morgan fingerprint density at radius 3 is 2.71 bits per heavy atom. The fourth-order valence-electron chi connectivity index (χ4n) is 0.118. The Morgan fingerprint density at radius 2 is 2.57 bits per heavy atom. The number of allylic oxidation sites excluding steroid dienone is 1. The molecule has 0 amide bonds. The molecule has 0 saturated heterocycles. The maximum absolute atomic E-state index is 11.5. The molecule has 0 rings (SSSR count). The normalized spacial score (nSPS) is 5.86. The smallest absolute Gasteiger partial charge is 0.203 e. The fraction of sp³-hybridized carbons (Fsp3) is 0.250. The maximum atomic E-state index is 11.5. The van der Waals surface area contributed by atoms with Crippen LogP contribution in [0.15, 0.2) is 17.8 Å². The van der Waals surface area contributed by atoms with E-state index in [4.69, 9.17) is 5.39 Å². The molecule has 0 bridgehead atoms. The van der Waals surface area contributed by atoms with Gasteiger partial charge < -0.3 is 0 Å². The SMILES string of the molecule is CC(F)=C=C[N+]#N. The van der Waals surface area contributed by atoms with Gasteiger partial charge in [0.05, 0.1) is 0 Å². The van der Waals surface area contributed by atoms with Crippen molar-refractivity contribution in [2.75, 3.05) is 0 Å². The second kappa shape index (κ2) is 3.08. The first-order chi connectivity index (χ1) is 3.27. The van der Waals surface area contributed by atoms with Gasteiger partial charge in [0.2, 0.25) is 5.39 Å². The molecule has 0 aliphatic rings. The summed E-state index contributed by atoms with van der Waals surface area (Å²) in [5.41, 5.74) is 2.00. The van der Waals surface area contributed by atoms with Crippen LogP contribution in [-0.2, 0) is 0 Å². The zero-order valence-corrected chi connectivity index (χ0v) is 3.85. The zero-order chi connectivity index (χ0) is 5.70. The Labute approximate surface area is 40.6 Å². The quantitative estimate of drug-likeness (QED) is 0.336. The van der Waals surface area contributed by atoms with E-state index >= 15 is 0 Å². The first-order valence-electron chi connectivity index (χ1n) is 1.69. The van der Waals surface area contributed by atoms with Crippen molar-refractivity contribution in [1.82, 2.24) is 0 Å². The van der Waals surface area contributed by atoms with Gasteiger partial charge in [-0.1, -0.05) is 0 Å². The Balaban J connectivity index is 3.95. The van der Waals surface area contributed by atoms with Crippen molar-refractivity contribution in [3.8, 4) is 0 Å². The maximum Gasteiger partial charge on any atom is 0.395 e. The monoisotopic (exact) mass is 99.0 g/mol. The molecule has 0 aromatic rings. The van der Waals surface area contributed by atoms with Crippen LogP contribution < -0.4 is 0 Å². The molecule has 0 aromatic carbocycles. The molecule has 0 unspecified atom stereocenters. The minimum atomic E-state index is -0.502. The molecule has 0 heterocycles. The zero-order valence-electron chi connectivity index (χ0n) is 3.85. The van der Waals surface area contributed by atoms with Gasteiger partial charge in [-0.3, -0.25) is 0 Å². The summed E-state index contributed by atoms with van der Waals surface area (Å²) in [7, 11) is 0. The molecule has 0 aliphatic heterocycles. The predicted octanol–water partition coefficient (Wildman–Crippen LogP) is 1.83. The van der Waals surface area contributed by atoms with Gasteiger partial charge in [-0.2, -0.15) is 0 Å². The molecule has 0 aliphatic carbocycles. The molecule has 7 heavy (non-hydrogen) atoms. The van der Waals surface area contributed by atoms with Crippen molar-refractivity contribution < 1.29 is 4.39 Å². The van der Waals surface area contributed by atoms with E-state index in [2.05, 4.69) is 4.98 Å². The third-order valence-corrected chi connectivity index (χ3v) is 0.321. The highest BCUT2D eigenvalue weighted by Gasteiger charge is 1.76. The molecule has 0 aromatic heterocycles. The van der Waals surface area contributed by atoms with Gasteiger partial charge in [-0.15, -0.1) is 0 Å². The van der Waals surface area contributed by atoms with Crippen LogP contribution in [0.5, 0.6) is 0 Å². The number of rotatable bonds is 0. The molecule has 0 fully saturated rings. The lowest BCUT2D eigenvalue weighted by atomic mass is 10.6. The standard InChI is InChI=1S/C4H4FN2/c1-4(5)2-3-7-6/h3H,1H3/q+1. The van der Waals surface area contributed by atoms with E-state index < -0.39 is 5.83 Å². The van der Waals surface area contributed by atoms with Gasteiger partial charge in [0.15, 0.2) is 4.98 Å². The van der Waals surface area contributed by atoms with Crippen molar-refractivity contribution in [3.05, 3.63) is 22.7 Å². The van der Waals surface area contributed by atoms with E-state index in [9.17, 15) is 4.39 Å². The van der Waals surface area contributed by atoms with Crippen molar-refractivity contribution in [1.29, 1.82) is 5.39 Å². The Kier molecular flexibility index (Phi) is 2.58. The van der Waals surface area contributed by atoms with Crippen molar-refractivity contribution >= 4 is 0 Å². The van der Waals surface area contributed by atoms with Gasteiger partial charge in [0.1, 0.15) is 5.83 Å². The van der Waals surface area contributed by atoms with Crippen LogP contribution in [0.1, 0.15) is 6.92 Å². The number of diazo groups is 1. The molecule has 2 nitrogen and oxygen atoms in total. The topological polar surface area (TPSA) is 28.1 Å². The summed E-state index contributed by atoms with van der Waals surface area (Å²) in [4.78, 5) is 2.48. The van der Waals surface area contributed by atoms with Crippen LogP contribution in [-0.4, -0.2) is 0 Å². The van der Waals surface area contributed by atoms with Crippen LogP contribution in [0.4, 0.5) is 4.39 Å². The van der Waals surface area contributed by atoms with Gasteiger partial charge in [0, 0.05) is 5.73 Å². The van der Waals surface area contributed by atoms with Crippen molar-refractivity contribution in [3.63, 3.8) is 0 Å². The van der Waals surface area contributed by atoms with E-state index in [1.54, 1.807) is 0 Å². The average Bonchev–Trinajstić information content (AvgIpc) is 1.61. The van der Waals surface area contributed by atoms with Gasteiger partial charge >= 0.3 is 6.20 Å². The first kappa shape index (κ1) is 5.87. The summed E-state index contributed by atoms with van der Waals surface area (Å²) >= 11 is 0. The molecule has 0 atom stereocenters. The Hall–Kier alpha value is -1.13. The average molecular weight is 99.1 g/mol.